The highest BCUT2D eigenvalue weighted by atomic mass is 32.2. The van der Waals surface area contributed by atoms with Crippen molar-refractivity contribution in [2.75, 3.05) is 16.6 Å². The number of aromatic nitrogens is 4. The van der Waals surface area contributed by atoms with Gasteiger partial charge in [0.2, 0.25) is 5.82 Å². The summed E-state index contributed by atoms with van der Waals surface area (Å²) in [6.45, 7) is 0. The molecule has 1 saturated carbocycles. The van der Waals surface area contributed by atoms with Crippen LogP contribution in [0.4, 0.5) is 5.82 Å². The monoisotopic (exact) mass is 573 g/mol. The zero-order valence-corrected chi connectivity index (χ0v) is 22.6. The maximum absolute atomic E-state index is 12.2. The molecule has 1 aliphatic heterocycles. The summed E-state index contributed by atoms with van der Waals surface area (Å²) < 4.78 is 43.2. The van der Waals surface area contributed by atoms with E-state index in [-0.39, 0.29) is 11.9 Å². The Balaban J connectivity index is 1.30. The third kappa shape index (κ3) is 5.87. The summed E-state index contributed by atoms with van der Waals surface area (Å²) >= 11 is 0. The van der Waals surface area contributed by atoms with Gasteiger partial charge < -0.3 is 24.9 Å². The Kier molecular flexibility index (Phi) is 6.53. The van der Waals surface area contributed by atoms with Crippen molar-refractivity contribution < 1.29 is 32.6 Å². The van der Waals surface area contributed by atoms with Crippen molar-refractivity contribution in [3.63, 3.8) is 0 Å². The highest BCUT2D eigenvalue weighted by Crippen LogP contribution is 2.39. The second kappa shape index (κ2) is 9.66. The molecule has 4 N–H and O–H groups in total. The summed E-state index contributed by atoms with van der Waals surface area (Å²) in [5, 5.41) is 18.9. The average Bonchev–Trinajstić information content (AvgIpc) is 3.21. The Morgan fingerprint density at radius 2 is 1.97 bits per heavy atom. The topological polar surface area (TPSA) is 177 Å². The second-order valence-corrected chi connectivity index (χ2v) is 14.6. The standard InChI is InChI=1S/C25H28N5O7PS/c31-25(11-12-25)10-9-21-28-23(27-20-7-5-16-3-1-2-4-18(16)20)19-13-26-30(24(19)29-21)22-8-6-17(37-22)14-39(35,36)15-38(32,33)34/h1-4,13,17,20,22,31H,5-8,11-12,14-15H2,(H,27,28,29)(H2,32,33,34)/t17-,20+,22+/m0/s1. The molecule has 3 aromatic rings. The summed E-state index contributed by atoms with van der Waals surface area (Å²) in [5.41, 5.74) is 0.725. The number of ether oxygens (including phenoxy) is 1. The summed E-state index contributed by atoms with van der Waals surface area (Å²) in [7, 11) is -8.73. The molecule has 1 saturated heterocycles. The highest BCUT2D eigenvalue weighted by molar-refractivity contribution is 7.97. The van der Waals surface area contributed by atoms with Crippen LogP contribution < -0.4 is 5.32 Å². The lowest BCUT2D eigenvalue weighted by Gasteiger charge is -2.17. The minimum Gasteiger partial charge on any atom is -0.378 e. The van der Waals surface area contributed by atoms with E-state index in [1.807, 2.05) is 12.1 Å². The van der Waals surface area contributed by atoms with Gasteiger partial charge in [0.25, 0.3) is 0 Å². The molecule has 2 aliphatic carbocycles. The molecule has 1 aromatic carbocycles. The molecule has 12 nitrogen and oxygen atoms in total. The quantitative estimate of drug-likeness (QED) is 0.240. The predicted octanol–water partition coefficient (Wildman–Crippen LogP) is 2.03. The normalized spacial score (nSPS) is 23.8. The summed E-state index contributed by atoms with van der Waals surface area (Å²) in [4.78, 5) is 27.4. The first kappa shape index (κ1) is 26.4. The third-order valence-electron chi connectivity index (χ3n) is 7.19. The smallest absolute Gasteiger partial charge is 0.340 e. The fourth-order valence-corrected chi connectivity index (χ4v) is 8.45. The van der Waals surface area contributed by atoms with E-state index in [9.17, 15) is 18.1 Å². The molecule has 0 radical (unpaired) electrons. The molecule has 3 aliphatic rings. The SMILES string of the molecule is O=P(O)(O)CS(=O)(=O)C[C@@H]1CC[C@H](n2ncc3c(N[C@@H]4CCc5ccccc54)nc(C#CC4(O)CC4)nc32)O1. The first-order valence-electron chi connectivity index (χ1n) is 12.7. The minimum atomic E-state index is -4.71. The van der Waals surface area contributed by atoms with Crippen LogP contribution in [0.2, 0.25) is 0 Å². The molecule has 3 heterocycles. The summed E-state index contributed by atoms with van der Waals surface area (Å²) in [5.74, 6) is 6.02. The number of sulfone groups is 1. The number of hydrogen-bond donors (Lipinski definition) is 4. The van der Waals surface area contributed by atoms with E-state index < -0.39 is 46.6 Å². The van der Waals surface area contributed by atoms with Gasteiger partial charge in [-0.1, -0.05) is 30.2 Å². The first-order valence-corrected chi connectivity index (χ1v) is 16.3. The lowest BCUT2D eigenvalue weighted by atomic mass is 10.1. The van der Waals surface area contributed by atoms with Crippen molar-refractivity contribution in [1.29, 1.82) is 0 Å². The lowest BCUT2D eigenvalue weighted by molar-refractivity contribution is 0.00721. The lowest BCUT2D eigenvalue weighted by Crippen LogP contribution is -2.23. The number of aliphatic hydroxyl groups is 1. The Morgan fingerprint density at radius 1 is 1.18 bits per heavy atom. The van der Waals surface area contributed by atoms with Crippen LogP contribution in [0.3, 0.4) is 0 Å². The summed E-state index contributed by atoms with van der Waals surface area (Å²) in [6.07, 6.45) is 4.14. The van der Waals surface area contributed by atoms with E-state index in [2.05, 4.69) is 44.4 Å². The maximum atomic E-state index is 12.2. The molecule has 14 heteroatoms. The maximum Gasteiger partial charge on any atom is 0.340 e. The Hall–Kier alpha value is -2.85. The van der Waals surface area contributed by atoms with Crippen LogP contribution in [-0.4, -0.2) is 66.0 Å². The van der Waals surface area contributed by atoms with Gasteiger partial charge in [0.05, 0.1) is 29.5 Å². The third-order valence-corrected chi connectivity index (χ3v) is 11.0. The fraction of sp³-hybridized carbons (Fsp3) is 0.480. The van der Waals surface area contributed by atoms with Crippen molar-refractivity contribution in [3.05, 3.63) is 47.4 Å². The number of benzene rings is 1. The number of anilines is 1. The average molecular weight is 574 g/mol. The van der Waals surface area contributed by atoms with Gasteiger partial charge in [-0.15, -0.1) is 0 Å². The predicted molar refractivity (Wildman–Crippen MR) is 141 cm³/mol. The molecule has 0 amide bonds. The highest BCUT2D eigenvalue weighted by Gasteiger charge is 2.38. The number of hydrogen-bond acceptors (Lipinski definition) is 9. The van der Waals surface area contributed by atoms with Gasteiger partial charge in [0, 0.05) is 0 Å². The first-order chi connectivity index (χ1) is 18.5. The van der Waals surface area contributed by atoms with Crippen molar-refractivity contribution >= 4 is 34.3 Å². The van der Waals surface area contributed by atoms with Crippen LogP contribution >= 0.6 is 7.60 Å². The van der Waals surface area contributed by atoms with E-state index in [1.165, 1.54) is 11.1 Å². The number of aryl methyl sites for hydroxylation is 1. The van der Waals surface area contributed by atoms with Crippen molar-refractivity contribution in [3.8, 4) is 11.8 Å². The number of nitrogens with zero attached hydrogens (tertiary/aromatic N) is 4. The second-order valence-electron chi connectivity index (χ2n) is 10.4. The van der Waals surface area contributed by atoms with Crippen molar-refractivity contribution in [2.45, 2.75) is 62.5 Å². The molecule has 0 bridgehead atoms. The summed E-state index contributed by atoms with van der Waals surface area (Å²) in [6, 6.07) is 8.29. The molecule has 0 unspecified atom stereocenters. The molecule has 2 fully saturated rings. The van der Waals surface area contributed by atoms with Gasteiger partial charge in [-0.05, 0) is 55.6 Å². The number of rotatable bonds is 7. The molecular weight excluding hydrogens is 545 g/mol. The van der Waals surface area contributed by atoms with Gasteiger partial charge in [-0.25, -0.2) is 23.1 Å². The Labute approximate surface area is 224 Å². The molecule has 39 heavy (non-hydrogen) atoms. The van der Waals surface area contributed by atoms with Gasteiger partial charge in [0.15, 0.2) is 27.2 Å². The fourth-order valence-electron chi connectivity index (χ4n) is 5.17. The van der Waals surface area contributed by atoms with Crippen LogP contribution in [0.1, 0.15) is 61.3 Å². The van der Waals surface area contributed by atoms with E-state index in [0.717, 1.165) is 12.8 Å². The Morgan fingerprint density at radius 3 is 2.74 bits per heavy atom. The number of nitrogens with one attached hydrogen (secondary N) is 1. The zero-order valence-electron chi connectivity index (χ0n) is 20.9. The van der Waals surface area contributed by atoms with Crippen LogP contribution in [0.15, 0.2) is 30.5 Å². The number of fused-ring (bicyclic) bond motifs is 2. The van der Waals surface area contributed by atoms with E-state index in [1.54, 1.807) is 10.9 Å². The van der Waals surface area contributed by atoms with Crippen LogP contribution in [0.5, 0.6) is 0 Å². The molecule has 0 spiro atoms. The minimum absolute atomic E-state index is 0.0439. The van der Waals surface area contributed by atoms with E-state index in [0.29, 0.717) is 42.5 Å². The van der Waals surface area contributed by atoms with Crippen LogP contribution in [0, 0.1) is 11.8 Å². The van der Waals surface area contributed by atoms with Gasteiger partial charge in [0.1, 0.15) is 11.4 Å². The van der Waals surface area contributed by atoms with Crippen LogP contribution in [-0.2, 0) is 25.6 Å². The van der Waals surface area contributed by atoms with E-state index in [4.69, 9.17) is 14.5 Å². The largest absolute Gasteiger partial charge is 0.378 e. The van der Waals surface area contributed by atoms with Crippen LogP contribution in [0.25, 0.3) is 11.0 Å². The molecule has 2 aromatic heterocycles. The molecule has 6 rings (SSSR count). The van der Waals surface area contributed by atoms with Gasteiger partial charge in [-0.3, -0.25) is 4.57 Å². The zero-order chi connectivity index (χ0) is 27.4. The van der Waals surface area contributed by atoms with Gasteiger partial charge in [-0.2, -0.15) is 5.10 Å². The van der Waals surface area contributed by atoms with Gasteiger partial charge >= 0.3 is 7.60 Å². The van der Waals surface area contributed by atoms with E-state index >= 15 is 0 Å². The van der Waals surface area contributed by atoms with Crippen molar-refractivity contribution in [2.24, 2.45) is 0 Å². The Bertz CT molecular complexity index is 1650. The van der Waals surface area contributed by atoms with Crippen molar-refractivity contribution in [1.82, 2.24) is 19.7 Å². The molecular formula is C25H28N5O7PS. The molecule has 206 valence electrons. The molecule has 3 atom stereocenters.